The summed E-state index contributed by atoms with van der Waals surface area (Å²) in [4.78, 5) is 27.6. The molecular weight excluding hydrogens is 405 g/mol. The van der Waals surface area contributed by atoms with Crippen molar-refractivity contribution in [3.63, 3.8) is 0 Å². The lowest BCUT2D eigenvalue weighted by atomic mass is 10.1. The molecule has 0 amide bonds. The first-order chi connectivity index (χ1) is 13.4. The number of aliphatic imine (C=N–C) groups is 1. The number of carbonyl (C=O) groups is 2. The summed E-state index contributed by atoms with van der Waals surface area (Å²) in [5, 5.41) is 0.787. The molecule has 1 aliphatic rings. The molecule has 28 heavy (non-hydrogen) atoms. The first-order valence-corrected chi connectivity index (χ1v) is 9.06. The molecule has 2 aromatic carbocycles. The van der Waals surface area contributed by atoms with Crippen molar-refractivity contribution in [1.29, 1.82) is 0 Å². The zero-order valence-corrected chi connectivity index (χ0v) is 16.5. The van der Waals surface area contributed by atoms with Crippen LogP contribution in [0.15, 0.2) is 47.1 Å². The fourth-order valence-corrected chi connectivity index (χ4v) is 2.96. The lowest BCUT2D eigenvalue weighted by molar-refractivity contribution is -0.132. The van der Waals surface area contributed by atoms with Crippen molar-refractivity contribution in [3.05, 3.63) is 63.3 Å². The summed E-state index contributed by atoms with van der Waals surface area (Å²) in [6.07, 6.45) is 1.54. The van der Waals surface area contributed by atoms with Gasteiger partial charge in [0.1, 0.15) is 0 Å². The van der Waals surface area contributed by atoms with Crippen LogP contribution in [0.4, 0.5) is 0 Å². The van der Waals surface area contributed by atoms with Crippen LogP contribution in [0, 0.1) is 0 Å². The number of benzene rings is 2. The minimum Gasteiger partial charge on any atom is -0.490 e. The van der Waals surface area contributed by atoms with Crippen molar-refractivity contribution < 1.29 is 23.8 Å². The van der Waals surface area contributed by atoms with Crippen LogP contribution in [0.3, 0.4) is 0 Å². The highest BCUT2D eigenvalue weighted by atomic mass is 35.5. The van der Waals surface area contributed by atoms with Crippen LogP contribution >= 0.6 is 23.2 Å². The molecule has 0 saturated heterocycles. The molecule has 0 radical (unpaired) electrons. The van der Waals surface area contributed by atoms with Gasteiger partial charge in [-0.25, -0.2) is 9.79 Å². The van der Waals surface area contributed by atoms with E-state index in [1.165, 1.54) is 6.92 Å². The molecule has 0 atom stereocenters. The molecule has 0 fully saturated rings. The molecule has 2 aromatic rings. The molecule has 0 N–H and O–H groups in total. The standard InChI is InChI=1S/C20H15Cl2NO5/c1-3-26-18-9-12(4-7-17(18)27-11(2)24)8-16-20(25)28-19(23-16)14-6-5-13(21)10-15(14)22/h4-10H,3H2,1-2H3/b16-8-. The number of cyclic esters (lactones) is 1. The highest BCUT2D eigenvalue weighted by Gasteiger charge is 2.25. The van der Waals surface area contributed by atoms with Crippen molar-refractivity contribution >= 4 is 47.1 Å². The van der Waals surface area contributed by atoms with Crippen LogP contribution in [0.25, 0.3) is 6.08 Å². The highest BCUT2D eigenvalue weighted by Crippen LogP contribution is 2.31. The second kappa shape index (κ2) is 8.46. The Hall–Kier alpha value is -2.83. The van der Waals surface area contributed by atoms with E-state index in [-0.39, 0.29) is 11.6 Å². The van der Waals surface area contributed by atoms with Crippen LogP contribution in [0.1, 0.15) is 25.0 Å². The van der Waals surface area contributed by atoms with Crippen molar-refractivity contribution in [2.45, 2.75) is 13.8 Å². The number of hydrogen-bond acceptors (Lipinski definition) is 6. The Morgan fingerprint density at radius 1 is 1.18 bits per heavy atom. The third kappa shape index (κ3) is 4.52. The number of ether oxygens (including phenoxy) is 3. The largest absolute Gasteiger partial charge is 0.490 e. The Kier molecular flexibility index (Phi) is 6.02. The Balaban J connectivity index is 1.94. The maximum Gasteiger partial charge on any atom is 0.363 e. The van der Waals surface area contributed by atoms with Gasteiger partial charge in [-0.2, -0.15) is 0 Å². The van der Waals surface area contributed by atoms with Gasteiger partial charge in [0, 0.05) is 11.9 Å². The van der Waals surface area contributed by atoms with Crippen molar-refractivity contribution in [1.82, 2.24) is 0 Å². The molecule has 1 heterocycles. The first kappa shape index (κ1) is 19.9. The minimum absolute atomic E-state index is 0.0967. The van der Waals surface area contributed by atoms with Gasteiger partial charge in [-0.05, 0) is 48.9 Å². The predicted octanol–water partition coefficient (Wildman–Crippen LogP) is 4.66. The SMILES string of the molecule is CCOc1cc(/C=C2\N=C(c3ccc(Cl)cc3Cl)OC2=O)ccc1OC(C)=O. The van der Waals surface area contributed by atoms with Crippen molar-refractivity contribution in [2.75, 3.05) is 6.61 Å². The van der Waals surface area contributed by atoms with Crippen LogP contribution in [-0.4, -0.2) is 24.4 Å². The number of carbonyl (C=O) groups excluding carboxylic acids is 2. The third-order valence-electron chi connectivity index (χ3n) is 3.61. The maximum absolute atomic E-state index is 12.2. The van der Waals surface area contributed by atoms with E-state index in [0.29, 0.717) is 39.3 Å². The second-order valence-corrected chi connectivity index (χ2v) is 6.54. The van der Waals surface area contributed by atoms with Crippen LogP contribution in [0.2, 0.25) is 10.0 Å². The first-order valence-electron chi connectivity index (χ1n) is 8.30. The molecule has 3 rings (SSSR count). The van der Waals surface area contributed by atoms with Crippen LogP contribution < -0.4 is 9.47 Å². The molecule has 1 aliphatic heterocycles. The summed E-state index contributed by atoms with van der Waals surface area (Å²) in [5.41, 5.74) is 1.19. The average molecular weight is 420 g/mol. The van der Waals surface area contributed by atoms with E-state index in [0.717, 1.165) is 0 Å². The van der Waals surface area contributed by atoms with Crippen LogP contribution in [0.5, 0.6) is 11.5 Å². The summed E-state index contributed by atoms with van der Waals surface area (Å²) < 4.78 is 15.8. The average Bonchev–Trinajstić information content (AvgIpc) is 2.97. The molecule has 0 unspecified atom stereocenters. The van der Waals surface area contributed by atoms with Gasteiger partial charge in [-0.15, -0.1) is 0 Å². The highest BCUT2D eigenvalue weighted by molar-refractivity contribution is 6.37. The predicted molar refractivity (Wildman–Crippen MR) is 106 cm³/mol. The van der Waals surface area contributed by atoms with E-state index >= 15 is 0 Å². The molecule has 6 nitrogen and oxygen atoms in total. The van der Waals surface area contributed by atoms with Crippen molar-refractivity contribution in [3.8, 4) is 11.5 Å². The van der Waals surface area contributed by atoms with E-state index in [1.807, 2.05) is 6.92 Å². The summed E-state index contributed by atoms with van der Waals surface area (Å²) in [6, 6.07) is 9.69. The lowest BCUT2D eigenvalue weighted by Crippen LogP contribution is -2.06. The lowest BCUT2D eigenvalue weighted by Gasteiger charge is -2.10. The normalized spacial score (nSPS) is 14.6. The van der Waals surface area contributed by atoms with E-state index in [9.17, 15) is 9.59 Å². The second-order valence-electron chi connectivity index (χ2n) is 5.69. The zero-order chi connectivity index (χ0) is 20.3. The third-order valence-corrected chi connectivity index (χ3v) is 4.15. The summed E-state index contributed by atoms with van der Waals surface area (Å²) in [5.74, 6) is -0.297. The number of halogens is 2. The van der Waals surface area contributed by atoms with E-state index in [2.05, 4.69) is 4.99 Å². The number of hydrogen-bond donors (Lipinski definition) is 0. The van der Waals surface area contributed by atoms with Gasteiger partial charge in [-0.3, -0.25) is 4.79 Å². The molecule has 8 heteroatoms. The summed E-state index contributed by atoms with van der Waals surface area (Å²) in [6.45, 7) is 3.50. The minimum atomic E-state index is -0.608. The van der Waals surface area contributed by atoms with Gasteiger partial charge in [0.15, 0.2) is 17.2 Å². The Labute approximate surface area is 171 Å². The van der Waals surface area contributed by atoms with Gasteiger partial charge in [0.05, 0.1) is 17.2 Å². The van der Waals surface area contributed by atoms with Crippen LogP contribution in [-0.2, 0) is 14.3 Å². The van der Waals surface area contributed by atoms with Gasteiger partial charge in [0.25, 0.3) is 0 Å². The van der Waals surface area contributed by atoms with E-state index in [1.54, 1.807) is 42.5 Å². The maximum atomic E-state index is 12.2. The molecule has 0 saturated carbocycles. The summed E-state index contributed by atoms with van der Waals surface area (Å²) in [7, 11) is 0. The summed E-state index contributed by atoms with van der Waals surface area (Å²) >= 11 is 12.0. The fraction of sp³-hybridized carbons (Fsp3) is 0.150. The molecule has 0 aliphatic carbocycles. The van der Waals surface area contributed by atoms with E-state index < -0.39 is 11.9 Å². The quantitative estimate of drug-likeness (QED) is 0.400. The molecule has 0 bridgehead atoms. The fourth-order valence-electron chi connectivity index (χ4n) is 2.47. The topological polar surface area (TPSA) is 74.2 Å². The molecular formula is C20H15Cl2NO5. The Morgan fingerprint density at radius 2 is 1.96 bits per heavy atom. The Bertz CT molecular complexity index is 1010. The smallest absolute Gasteiger partial charge is 0.363 e. The molecule has 144 valence electrons. The van der Waals surface area contributed by atoms with Gasteiger partial charge < -0.3 is 14.2 Å². The van der Waals surface area contributed by atoms with Gasteiger partial charge in [0.2, 0.25) is 5.90 Å². The number of nitrogens with zero attached hydrogens (tertiary/aromatic N) is 1. The number of rotatable bonds is 5. The van der Waals surface area contributed by atoms with Crippen molar-refractivity contribution in [2.24, 2.45) is 4.99 Å². The molecule has 0 aromatic heterocycles. The monoisotopic (exact) mass is 419 g/mol. The van der Waals surface area contributed by atoms with Gasteiger partial charge in [-0.1, -0.05) is 29.3 Å². The number of esters is 2. The van der Waals surface area contributed by atoms with E-state index in [4.69, 9.17) is 37.4 Å². The Morgan fingerprint density at radius 3 is 2.64 bits per heavy atom. The molecule has 0 spiro atoms. The zero-order valence-electron chi connectivity index (χ0n) is 15.0. The van der Waals surface area contributed by atoms with Gasteiger partial charge >= 0.3 is 11.9 Å².